The second-order valence-corrected chi connectivity index (χ2v) is 5.24. The number of halogens is 2. The number of nitrogens with one attached hydrogen (secondary N) is 1. The lowest BCUT2D eigenvalue weighted by atomic mass is 9.80. The second-order valence-electron chi connectivity index (χ2n) is 5.24. The van der Waals surface area contributed by atoms with Crippen molar-refractivity contribution in [1.82, 2.24) is 5.32 Å². The summed E-state index contributed by atoms with van der Waals surface area (Å²) in [6.45, 7) is 5.32. The quantitative estimate of drug-likeness (QED) is 0.837. The number of alkyl carbamates (subject to hydrolysis) is 1. The van der Waals surface area contributed by atoms with E-state index in [-0.39, 0.29) is 17.7 Å². The molecule has 18 heavy (non-hydrogen) atoms. The number of amides is 1. The van der Waals surface area contributed by atoms with Gasteiger partial charge in [0.2, 0.25) is 0 Å². The highest BCUT2D eigenvalue weighted by Gasteiger charge is 2.39. The van der Waals surface area contributed by atoms with E-state index in [9.17, 15) is 13.6 Å². The first-order valence-electron chi connectivity index (χ1n) is 5.71. The molecule has 0 spiro atoms. The minimum atomic E-state index is -0.907. The van der Waals surface area contributed by atoms with Crippen LogP contribution in [0.25, 0.3) is 0 Å². The summed E-state index contributed by atoms with van der Waals surface area (Å²) >= 11 is 0. The average molecular weight is 255 g/mol. The first-order valence-corrected chi connectivity index (χ1v) is 5.71. The fourth-order valence-electron chi connectivity index (χ4n) is 2.07. The Morgan fingerprint density at radius 1 is 1.33 bits per heavy atom. The molecule has 98 valence electrons. The van der Waals surface area contributed by atoms with Gasteiger partial charge in [0.05, 0.1) is 6.04 Å². The Morgan fingerprint density at radius 3 is 2.67 bits per heavy atom. The van der Waals surface area contributed by atoms with E-state index in [1.54, 1.807) is 0 Å². The molecule has 1 aliphatic rings. The van der Waals surface area contributed by atoms with Crippen molar-refractivity contribution in [1.29, 1.82) is 0 Å². The maximum atomic E-state index is 14.0. The normalized spacial score (nSPS) is 22.3. The smallest absolute Gasteiger partial charge is 0.407 e. The van der Waals surface area contributed by atoms with Crippen molar-refractivity contribution in [3.63, 3.8) is 0 Å². The third-order valence-corrected chi connectivity index (χ3v) is 3.24. The second kappa shape index (κ2) is 4.23. The lowest BCUT2D eigenvalue weighted by Gasteiger charge is -2.38. The van der Waals surface area contributed by atoms with Crippen molar-refractivity contribution < 1.29 is 18.3 Å². The topological polar surface area (TPSA) is 38.3 Å². The predicted octanol–water partition coefficient (Wildman–Crippen LogP) is 3.08. The molecule has 0 aliphatic carbocycles. The number of hydrogen-bond acceptors (Lipinski definition) is 2. The molecule has 0 aromatic heterocycles. The Labute approximate surface area is 104 Å². The van der Waals surface area contributed by atoms with E-state index in [0.29, 0.717) is 0 Å². The summed E-state index contributed by atoms with van der Waals surface area (Å²) < 4.78 is 32.4. The molecule has 3 nitrogen and oxygen atoms in total. The highest BCUT2D eigenvalue weighted by Crippen LogP contribution is 2.38. The summed E-state index contributed by atoms with van der Waals surface area (Å²) in [5.41, 5.74) is -0.108. The van der Waals surface area contributed by atoms with Crippen LogP contribution < -0.4 is 5.32 Å². The molecule has 1 heterocycles. The summed E-state index contributed by atoms with van der Waals surface area (Å²) in [6, 6.07) is 2.41. The lowest BCUT2D eigenvalue weighted by Crippen LogP contribution is -2.47. The van der Waals surface area contributed by atoms with E-state index < -0.39 is 29.2 Å². The van der Waals surface area contributed by atoms with Crippen molar-refractivity contribution in [3.05, 3.63) is 34.9 Å². The highest BCUT2D eigenvalue weighted by atomic mass is 19.2. The molecular formula is C13H15F2NO2. The maximum absolute atomic E-state index is 14.0. The molecule has 1 fully saturated rings. The van der Waals surface area contributed by atoms with Gasteiger partial charge in [0.1, 0.15) is 6.61 Å². The van der Waals surface area contributed by atoms with Crippen LogP contribution in [0.15, 0.2) is 12.1 Å². The van der Waals surface area contributed by atoms with Crippen LogP contribution in [0.5, 0.6) is 0 Å². The molecule has 1 amide bonds. The molecule has 0 saturated carbocycles. The van der Waals surface area contributed by atoms with Gasteiger partial charge < -0.3 is 10.1 Å². The van der Waals surface area contributed by atoms with Gasteiger partial charge in [-0.3, -0.25) is 0 Å². The third-order valence-electron chi connectivity index (χ3n) is 3.24. The lowest BCUT2D eigenvalue weighted by molar-refractivity contribution is 0.0376. The van der Waals surface area contributed by atoms with Crippen molar-refractivity contribution >= 4 is 6.09 Å². The van der Waals surface area contributed by atoms with Crippen molar-refractivity contribution in [2.24, 2.45) is 5.41 Å². The zero-order valence-electron chi connectivity index (χ0n) is 10.5. The number of benzene rings is 1. The molecule has 1 aromatic carbocycles. The average Bonchev–Trinajstić information content (AvgIpc) is 2.30. The van der Waals surface area contributed by atoms with Crippen LogP contribution in [0.1, 0.15) is 31.0 Å². The minimum Gasteiger partial charge on any atom is -0.449 e. The number of cyclic esters (lactones) is 1. The van der Waals surface area contributed by atoms with Crippen LogP contribution in [-0.4, -0.2) is 12.7 Å². The first-order chi connectivity index (χ1) is 8.33. The Bertz CT molecular complexity index is 500. The number of aryl methyl sites for hydroxylation is 1. The van der Waals surface area contributed by atoms with Gasteiger partial charge in [0.25, 0.3) is 0 Å². The van der Waals surface area contributed by atoms with Gasteiger partial charge in [0.15, 0.2) is 11.6 Å². The molecule has 1 saturated heterocycles. The van der Waals surface area contributed by atoms with Gasteiger partial charge in [-0.25, -0.2) is 13.6 Å². The Kier molecular flexibility index (Phi) is 3.00. The van der Waals surface area contributed by atoms with Gasteiger partial charge in [-0.2, -0.15) is 0 Å². The van der Waals surface area contributed by atoms with Crippen LogP contribution in [-0.2, 0) is 4.74 Å². The summed E-state index contributed by atoms with van der Waals surface area (Å²) in [5.74, 6) is -1.78. The highest BCUT2D eigenvalue weighted by molar-refractivity contribution is 5.69. The van der Waals surface area contributed by atoms with Crippen LogP contribution in [0.3, 0.4) is 0 Å². The van der Waals surface area contributed by atoms with E-state index in [4.69, 9.17) is 4.74 Å². The largest absolute Gasteiger partial charge is 0.449 e. The number of carbonyl (C=O) groups excluding carboxylic acids is 1. The number of ether oxygens (including phenoxy) is 1. The fraction of sp³-hybridized carbons (Fsp3) is 0.462. The number of hydrogen-bond donors (Lipinski definition) is 1. The molecule has 0 bridgehead atoms. The van der Waals surface area contributed by atoms with Gasteiger partial charge >= 0.3 is 6.09 Å². The van der Waals surface area contributed by atoms with Gasteiger partial charge in [-0.15, -0.1) is 0 Å². The Balaban J connectivity index is 2.47. The Morgan fingerprint density at radius 2 is 2.00 bits per heavy atom. The fourth-order valence-corrected chi connectivity index (χ4v) is 2.07. The molecule has 5 heteroatoms. The summed E-state index contributed by atoms with van der Waals surface area (Å²) in [6.07, 6.45) is -0.611. The summed E-state index contributed by atoms with van der Waals surface area (Å²) in [4.78, 5) is 11.2. The number of carbonyl (C=O) groups is 1. The standard InChI is InChI=1S/C13H15F2NO2/c1-7-4-5-8(10(15)9(7)14)11-13(2,3)6-18-12(17)16-11/h4-5,11H,6H2,1-3H3,(H,16,17)/t11-/m0/s1. The first kappa shape index (κ1) is 12.8. The van der Waals surface area contributed by atoms with Crippen molar-refractivity contribution in [3.8, 4) is 0 Å². The summed E-state index contributed by atoms with van der Waals surface area (Å²) in [7, 11) is 0. The van der Waals surface area contributed by atoms with Crippen LogP contribution in [0.4, 0.5) is 13.6 Å². The monoisotopic (exact) mass is 255 g/mol. The Hall–Kier alpha value is -1.65. The van der Waals surface area contributed by atoms with Crippen LogP contribution in [0.2, 0.25) is 0 Å². The van der Waals surface area contributed by atoms with E-state index in [2.05, 4.69) is 5.32 Å². The van der Waals surface area contributed by atoms with E-state index >= 15 is 0 Å². The molecule has 2 rings (SSSR count). The minimum absolute atomic E-state index is 0.153. The zero-order chi connectivity index (χ0) is 13.5. The summed E-state index contributed by atoms with van der Waals surface area (Å²) in [5, 5.41) is 2.54. The van der Waals surface area contributed by atoms with E-state index in [0.717, 1.165) is 0 Å². The molecule has 1 aromatic rings. The van der Waals surface area contributed by atoms with Crippen LogP contribution >= 0.6 is 0 Å². The molecular weight excluding hydrogens is 240 g/mol. The molecule has 1 aliphatic heterocycles. The third kappa shape index (κ3) is 2.05. The van der Waals surface area contributed by atoms with Crippen molar-refractivity contribution in [2.45, 2.75) is 26.8 Å². The molecule has 0 radical (unpaired) electrons. The van der Waals surface area contributed by atoms with E-state index in [1.165, 1.54) is 19.1 Å². The molecule has 0 unspecified atom stereocenters. The molecule has 1 N–H and O–H groups in total. The van der Waals surface area contributed by atoms with Crippen LogP contribution in [0, 0.1) is 24.0 Å². The SMILES string of the molecule is Cc1ccc([C@@H]2NC(=O)OCC2(C)C)c(F)c1F. The number of rotatable bonds is 1. The zero-order valence-corrected chi connectivity index (χ0v) is 10.5. The predicted molar refractivity (Wildman–Crippen MR) is 62.1 cm³/mol. The van der Waals surface area contributed by atoms with E-state index in [1.807, 2.05) is 13.8 Å². The van der Waals surface area contributed by atoms with Gasteiger partial charge in [-0.05, 0) is 12.5 Å². The van der Waals surface area contributed by atoms with Crippen molar-refractivity contribution in [2.75, 3.05) is 6.61 Å². The van der Waals surface area contributed by atoms with Gasteiger partial charge in [-0.1, -0.05) is 26.0 Å². The van der Waals surface area contributed by atoms with Gasteiger partial charge in [0, 0.05) is 11.0 Å². The maximum Gasteiger partial charge on any atom is 0.407 e. The molecule has 1 atom stereocenters.